The zero-order valence-electron chi connectivity index (χ0n) is 7.72. The number of rotatable bonds is 3. The van der Waals surface area contributed by atoms with E-state index in [1.54, 1.807) is 0 Å². The molecule has 0 heterocycles. The highest BCUT2D eigenvalue weighted by atomic mass is 127. The Kier molecular flexibility index (Phi) is 4.78. The fourth-order valence-electron chi connectivity index (χ4n) is 1.77. The molecule has 1 N–H and O–H groups in total. The molecule has 0 unspecified atom stereocenters. The van der Waals surface area contributed by atoms with Crippen LogP contribution < -0.4 is 5.48 Å². The summed E-state index contributed by atoms with van der Waals surface area (Å²) in [6.07, 6.45) is 5.02. The van der Waals surface area contributed by atoms with Crippen LogP contribution in [0.15, 0.2) is 0 Å². The van der Waals surface area contributed by atoms with Gasteiger partial charge in [-0.15, -0.1) is 0 Å². The Morgan fingerprint density at radius 3 is 2.25 bits per heavy atom. The molecular weight excluding hydrogens is 267 g/mol. The molecule has 0 atom stereocenters. The maximum Gasteiger partial charge on any atom is 0.136 e. The minimum Gasteiger partial charge on any atom is -0.306 e. The van der Waals surface area contributed by atoms with Gasteiger partial charge in [0.2, 0.25) is 0 Å². The van der Waals surface area contributed by atoms with E-state index in [0.29, 0.717) is 6.04 Å². The van der Waals surface area contributed by atoms with Gasteiger partial charge in [0.05, 0.1) is 0 Å². The molecule has 0 bridgehead atoms. The Bertz CT molecular complexity index is 124. The minimum atomic E-state index is 0.568. The van der Waals surface area contributed by atoms with Gasteiger partial charge in [-0.2, -0.15) is 5.48 Å². The number of nitrogens with zero attached hydrogens (tertiary/aromatic N) is 1. The molecule has 0 amide bonds. The molecule has 1 aliphatic carbocycles. The van der Waals surface area contributed by atoms with Gasteiger partial charge in [-0.1, -0.05) is 0 Å². The van der Waals surface area contributed by atoms with Gasteiger partial charge in [0.1, 0.15) is 23.0 Å². The maximum absolute atomic E-state index is 4.88. The molecule has 1 saturated carbocycles. The number of hydrogen-bond acceptors (Lipinski definition) is 3. The van der Waals surface area contributed by atoms with E-state index in [2.05, 4.69) is 24.5 Å². The fraction of sp³-hybridized carbons (Fsp3) is 1.00. The van der Waals surface area contributed by atoms with Gasteiger partial charge in [0, 0.05) is 12.1 Å². The quantitative estimate of drug-likeness (QED) is 0.631. The number of nitrogens with one attached hydrogen (secondary N) is 1. The number of halogens is 1. The molecule has 0 aliphatic heterocycles. The van der Waals surface area contributed by atoms with Crippen LogP contribution >= 0.6 is 23.0 Å². The molecule has 0 aromatic rings. The van der Waals surface area contributed by atoms with E-state index in [1.165, 1.54) is 25.7 Å². The predicted octanol–water partition coefficient (Wildman–Crippen LogP) is 1.73. The number of hydroxylamine groups is 1. The SMILES string of the molecule is CN(C)C1CCC(NOI)CC1. The van der Waals surface area contributed by atoms with Crippen molar-refractivity contribution in [2.45, 2.75) is 37.8 Å². The lowest BCUT2D eigenvalue weighted by atomic mass is 9.91. The van der Waals surface area contributed by atoms with Gasteiger partial charge in [-0.05, 0) is 39.8 Å². The van der Waals surface area contributed by atoms with Crippen molar-refractivity contribution in [1.29, 1.82) is 0 Å². The lowest BCUT2D eigenvalue weighted by molar-refractivity contribution is 0.146. The van der Waals surface area contributed by atoms with E-state index in [0.717, 1.165) is 6.04 Å². The largest absolute Gasteiger partial charge is 0.306 e. The molecule has 0 aromatic heterocycles. The third-order valence-electron chi connectivity index (χ3n) is 2.64. The summed E-state index contributed by atoms with van der Waals surface area (Å²) in [6, 6.07) is 1.34. The summed E-state index contributed by atoms with van der Waals surface area (Å²) in [7, 11) is 4.32. The van der Waals surface area contributed by atoms with Crippen LogP contribution in [0, 0.1) is 0 Å². The zero-order valence-corrected chi connectivity index (χ0v) is 9.87. The smallest absolute Gasteiger partial charge is 0.136 e. The van der Waals surface area contributed by atoms with E-state index < -0.39 is 0 Å². The number of hydrogen-bond donors (Lipinski definition) is 1. The molecule has 0 spiro atoms. The van der Waals surface area contributed by atoms with Crippen molar-refractivity contribution >= 4 is 23.0 Å². The van der Waals surface area contributed by atoms with Crippen molar-refractivity contribution in [3.05, 3.63) is 0 Å². The molecule has 72 valence electrons. The first kappa shape index (κ1) is 10.7. The van der Waals surface area contributed by atoms with E-state index in [4.69, 9.17) is 3.17 Å². The summed E-state index contributed by atoms with van der Waals surface area (Å²) in [4.78, 5) is 2.32. The summed E-state index contributed by atoms with van der Waals surface area (Å²) < 4.78 is 4.88. The summed E-state index contributed by atoms with van der Waals surface area (Å²) in [5.74, 6) is 0. The summed E-state index contributed by atoms with van der Waals surface area (Å²) >= 11 is 1.89. The molecule has 1 rings (SSSR count). The van der Waals surface area contributed by atoms with Crippen LogP contribution in [-0.4, -0.2) is 31.1 Å². The Morgan fingerprint density at radius 2 is 1.83 bits per heavy atom. The van der Waals surface area contributed by atoms with Crippen LogP contribution in [0.3, 0.4) is 0 Å². The van der Waals surface area contributed by atoms with Gasteiger partial charge in [0.15, 0.2) is 0 Å². The molecule has 4 heteroatoms. The van der Waals surface area contributed by atoms with Crippen molar-refractivity contribution < 1.29 is 3.17 Å². The van der Waals surface area contributed by atoms with E-state index in [9.17, 15) is 0 Å². The lowest BCUT2D eigenvalue weighted by Gasteiger charge is -2.32. The van der Waals surface area contributed by atoms with Crippen LogP contribution in [0.5, 0.6) is 0 Å². The highest BCUT2D eigenvalue weighted by molar-refractivity contribution is 14.1. The molecule has 0 radical (unpaired) electrons. The van der Waals surface area contributed by atoms with Crippen molar-refractivity contribution in [1.82, 2.24) is 10.4 Å². The Balaban J connectivity index is 2.20. The Morgan fingerprint density at radius 1 is 1.25 bits per heavy atom. The topological polar surface area (TPSA) is 24.5 Å². The summed E-state index contributed by atoms with van der Waals surface area (Å²) in [5, 5.41) is 0. The lowest BCUT2D eigenvalue weighted by Crippen LogP contribution is -2.38. The second-order valence-corrected chi connectivity index (χ2v) is 4.10. The van der Waals surface area contributed by atoms with E-state index in [1.807, 2.05) is 23.0 Å². The van der Waals surface area contributed by atoms with Crippen LogP contribution in [0.4, 0.5) is 0 Å². The average Bonchev–Trinajstić information content (AvgIpc) is 2.06. The van der Waals surface area contributed by atoms with Crippen LogP contribution in [0.2, 0.25) is 0 Å². The van der Waals surface area contributed by atoms with Gasteiger partial charge in [0.25, 0.3) is 0 Å². The van der Waals surface area contributed by atoms with Gasteiger partial charge >= 0.3 is 0 Å². The molecule has 3 nitrogen and oxygen atoms in total. The second-order valence-electron chi connectivity index (χ2n) is 3.66. The monoisotopic (exact) mass is 284 g/mol. The standard InChI is InChI=1S/C8H17IN2O/c1-11(2)8-5-3-7(4-6-8)10-12-9/h7-8,10H,3-6H2,1-2H3. The second kappa shape index (κ2) is 5.36. The first-order chi connectivity index (χ1) is 5.74. The van der Waals surface area contributed by atoms with Crippen LogP contribution in [0.25, 0.3) is 0 Å². The van der Waals surface area contributed by atoms with Crippen molar-refractivity contribution in [2.24, 2.45) is 0 Å². The van der Waals surface area contributed by atoms with Gasteiger partial charge in [-0.3, -0.25) is 0 Å². The Hall–Kier alpha value is 0.610. The predicted molar refractivity (Wildman–Crippen MR) is 58.0 cm³/mol. The van der Waals surface area contributed by atoms with Crippen molar-refractivity contribution in [3.63, 3.8) is 0 Å². The average molecular weight is 284 g/mol. The normalized spacial score (nSPS) is 31.0. The molecule has 12 heavy (non-hydrogen) atoms. The van der Waals surface area contributed by atoms with Gasteiger partial charge < -0.3 is 4.90 Å². The van der Waals surface area contributed by atoms with E-state index in [-0.39, 0.29) is 0 Å². The maximum atomic E-state index is 4.88. The molecular formula is C8H17IN2O. The molecule has 0 aromatic carbocycles. The first-order valence-electron chi connectivity index (χ1n) is 4.43. The van der Waals surface area contributed by atoms with Crippen molar-refractivity contribution in [2.75, 3.05) is 14.1 Å². The summed E-state index contributed by atoms with van der Waals surface area (Å²) in [5.41, 5.74) is 3.01. The minimum absolute atomic E-state index is 0.568. The zero-order chi connectivity index (χ0) is 8.97. The fourth-order valence-corrected chi connectivity index (χ4v) is 2.13. The summed E-state index contributed by atoms with van der Waals surface area (Å²) in [6.45, 7) is 0. The van der Waals surface area contributed by atoms with Crippen LogP contribution in [0.1, 0.15) is 25.7 Å². The molecule has 1 fully saturated rings. The molecule has 0 saturated heterocycles. The van der Waals surface area contributed by atoms with E-state index >= 15 is 0 Å². The third-order valence-corrected chi connectivity index (χ3v) is 2.89. The highest BCUT2D eigenvalue weighted by Gasteiger charge is 2.21. The van der Waals surface area contributed by atoms with Crippen molar-refractivity contribution in [3.8, 4) is 0 Å². The molecule has 1 aliphatic rings. The first-order valence-corrected chi connectivity index (χ1v) is 5.31. The highest BCUT2D eigenvalue weighted by Crippen LogP contribution is 2.21. The van der Waals surface area contributed by atoms with Crippen LogP contribution in [-0.2, 0) is 3.17 Å². The van der Waals surface area contributed by atoms with Gasteiger partial charge in [-0.25, -0.2) is 3.17 Å². The Labute approximate surface area is 88.5 Å². The third kappa shape index (κ3) is 3.16.